The molecular formula is C31H51NO10. The van der Waals surface area contributed by atoms with Gasteiger partial charge in [0.25, 0.3) is 0 Å². The largest absolute Gasteiger partial charge is 0.462 e. The van der Waals surface area contributed by atoms with Crippen molar-refractivity contribution in [2.24, 2.45) is 23.7 Å². The molecule has 0 radical (unpaired) electrons. The SMILES string of the molecule is CC[C@H]1OC(=O)C[C@@H](O)[C@H](C)[C@@H](O[C@@H]2O[C@H](C)[C@@H](O)[C@@H](N(C)C)[C@H]2O)[C@@H](CC=O)C[C@@H](C)C(=O)/C=C/C(C)=C/[C@H]1CO. The average Bonchev–Trinajstić information content (AvgIpc) is 2.93. The van der Waals surface area contributed by atoms with Crippen molar-refractivity contribution in [3.8, 4) is 0 Å². The van der Waals surface area contributed by atoms with Crippen molar-refractivity contribution in [1.29, 1.82) is 0 Å². The van der Waals surface area contributed by atoms with Crippen LogP contribution in [0.2, 0.25) is 0 Å². The van der Waals surface area contributed by atoms with Crippen molar-refractivity contribution in [2.75, 3.05) is 20.7 Å². The molecule has 0 aliphatic carbocycles. The van der Waals surface area contributed by atoms with Crippen molar-refractivity contribution in [2.45, 2.75) is 109 Å². The van der Waals surface area contributed by atoms with Crippen molar-refractivity contribution < 1.29 is 49.0 Å². The number of carbonyl (C=O) groups excluding carboxylic acids is 3. The Morgan fingerprint density at radius 2 is 1.76 bits per heavy atom. The number of cyclic esters (lactones) is 1. The minimum absolute atomic E-state index is 0.000625. The third-order valence-corrected chi connectivity index (χ3v) is 8.56. The first-order valence-electron chi connectivity index (χ1n) is 14.9. The summed E-state index contributed by atoms with van der Waals surface area (Å²) < 4.78 is 17.9. The van der Waals surface area contributed by atoms with E-state index in [2.05, 4.69) is 0 Å². The first kappa shape index (κ1) is 36.2. The van der Waals surface area contributed by atoms with E-state index in [1.165, 1.54) is 6.08 Å². The number of carbonyl (C=O) groups is 3. The van der Waals surface area contributed by atoms with Gasteiger partial charge in [-0.05, 0) is 52.8 Å². The molecule has 0 aromatic heterocycles. The number of hydrogen-bond donors (Lipinski definition) is 4. The lowest BCUT2D eigenvalue weighted by Gasteiger charge is -2.46. The molecule has 0 aromatic rings. The standard InChI is InChI=1S/C31H51NO10/c1-8-25-22(16-34)13-17(2)9-10-23(35)18(3)14-21(11-12-33)30(19(4)24(36)15-26(37)41-25)42-31-29(39)27(32(6)7)28(38)20(5)40-31/h9-10,12-13,18-22,24-25,27-31,34,36,38-39H,8,11,14-16H2,1-7H3/b10-9+,17-13+/t18-,19+,20-,21+,22+,24-,25-,27-,28-,29-,30-,31+/m1/s1. The summed E-state index contributed by atoms with van der Waals surface area (Å²) >= 11 is 0. The highest BCUT2D eigenvalue weighted by Gasteiger charge is 2.47. The van der Waals surface area contributed by atoms with E-state index in [1.54, 1.807) is 58.8 Å². The van der Waals surface area contributed by atoms with Crippen LogP contribution in [0.5, 0.6) is 0 Å². The van der Waals surface area contributed by atoms with Crippen LogP contribution in [0.15, 0.2) is 23.8 Å². The van der Waals surface area contributed by atoms with Crippen molar-refractivity contribution in [3.05, 3.63) is 23.8 Å². The van der Waals surface area contributed by atoms with Crippen molar-refractivity contribution >= 4 is 18.0 Å². The number of aliphatic hydroxyl groups excluding tert-OH is 4. The molecule has 0 unspecified atom stereocenters. The Balaban J connectivity index is 2.52. The lowest BCUT2D eigenvalue weighted by atomic mass is 9.79. The van der Waals surface area contributed by atoms with Gasteiger partial charge in [-0.15, -0.1) is 0 Å². The highest BCUT2D eigenvalue weighted by molar-refractivity contribution is 5.91. The smallest absolute Gasteiger partial charge is 0.308 e. The first-order chi connectivity index (χ1) is 19.7. The molecule has 2 aliphatic heterocycles. The predicted octanol–water partition coefficient (Wildman–Crippen LogP) is 1.40. The Morgan fingerprint density at radius 3 is 2.33 bits per heavy atom. The Hall–Kier alpha value is -1.99. The van der Waals surface area contributed by atoms with Gasteiger partial charge in [0, 0.05) is 24.2 Å². The highest BCUT2D eigenvalue weighted by Crippen LogP contribution is 2.34. The van der Waals surface area contributed by atoms with Gasteiger partial charge in [-0.1, -0.05) is 38.5 Å². The number of hydrogen-bond acceptors (Lipinski definition) is 11. The fourth-order valence-corrected chi connectivity index (χ4v) is 5.93. The maximum absolute atomic E-state index is 13.1. The molecule has 11 nitrogen and oxygen atoms in total. The predicted molar refractivity (Wildman–Crippen MR) is 155 cm³/mol. The molecular weight excluding hydrogens is 546 g/mol. The van der Waals surface area contributed by atoms with Crippen LogP contribution in [0.25, 0.3) is 0 Å². The van der Waals surface area contributed by atoms with E-state index in [1.807, 2.05) is 6.92 Å². The van der Waals surface area contributed by atoms with Gasteiger partial charge in [0.2, 0.25) is 0 Å². The average molecular weight is 598 g/mol. The molecule has 0 saturated carbocycles. The number of allylic oxidation sites excluding steroid dienone is 3. The topological polar surface area (TPSA) is 163 Å². The van der Waals surface area contributed by atoms with Crippen LogP contribution in [0.4, 0.5) is 0 Å². The molecule has 42 heavy (non-hydrogen) atoms. The summed E-state index contributed by atoms with van der Waals surface area (Å²) in [6.45, 7) is 8.42. The molecule has 1 fully saturated rings. The Bertz CT molecular complexity index is 952. The summed E-state index contributed by atoms with van der Waals surface area (Å²) in [5.41, 5.74) is 0.714. The molecule has 12 atom stereocenters. The molecule has 2 heterocycles. The molecule has 0 aromatic carbocycles. The van der Waals surface area contributed by atoms with Gasteiger partial charge in [0.1, 0.15) is 18.5 Å². The summed E-state index contributed by atoms with van der Waals surface area (Å²) in [4.78, 5) is 39.6. The van der Waals surface area contributed by atoms with E-state index < -0.39 is 78.6 Å². The number of likely N-dealkylation sites (N-methyl/N-ethyl adjacent to an activating group) is 1. The number of esters is 1. The van der Waals surface area contributed by atoms with Crippen LogP contribution in [0.1, 0.15) is 60.3 Å². The second-order valence-corrected chi connectivity index (χ2v) is 12.1. The Kier molecular flexibility index (Phi) is 14.4. The van der Waals surface area contributed by atoms with Gasteiger partial charge < -0.3 is 44.3 Å². The third kappa shape index (κ3) is 9.51. The van der Waals surface area contributed by atoms with E-state index in [0.717, 1.165) is 6.29 Å². The van der Waals surface area contributed by atoms with Gasteiger partial charge in [0.15, 0.2) is 12.1 Å². The number of aliphatic hydroxyl groups is 4. The Labute approximate surface area is 249 Å². The van der Waals surface area contributed by atoms with Crippen LogP contribution < -0.4 is 0 Å². The molecule has 2 rings (SSSR count). The van der Waals surface area contributed by atoms with E-state index in [9.17, 15) is 34.8 Å². The van der Waals surface area contributed by atoms with E-state index in [4.69, 9.17) is 14.2 Å². The third-order valence-electron chi connectivity index (χ3n) is 8.56. The van der Waals surface area contributed by atoms with Gasteiger partial charge in [0.05, 0.1) is 43.5 Å². The maximum Gasteiger partial charge on any atom is 0.308 e. The van der Waals surface area contributed by atoms with Crippen LogP contribution >= 0.6 is 0 Å². The Morgan fingerprint density at radius 1 is 1.10 bits per heavy atom. The molecule has 0 bridgehead atoms. The van der Waals surface area contributed by atoms with Gasteiger partial charge >= 0.3 is 5.97 Å². The van der Waals surface area contributed by atoms with Crippen LogP contribution in [-0.4, -0.2) is 113 Å². The van der Waals surface area contributed by atoms with Crippen LogP contribution in [0, 0.1) is 23.7 Å². The zero-order chi connectivity index (χ0) is 31.7. The summed E-state index contributed by atoms with van der Waals surface area (Å²) in [6.07, 6.45) is -1.12. The van der Waals surface area contributed by atoms with Crippen molar-refractivity contribution in [3.63, 3.8) is 0 Å². The van der Waals surface area contributed by atoms with Gasteiger partial charge in [-0.25, -0.2) is 0 Å². The molecule has 2 aliphatic rings. The summed E-state index contributed by atoms with van der Waals surface area (Å²) in [6, 6.07) is -0.711. The molecule has 11 heteroatoms. The number of nitrogens with zero attached hydrogens (tertiary/aromatic N) is 1. The second-order valence-electron chi connectivity index (χ2n) is 12.1. The van der Waals surface area contributed by atoms with E-state index in [0.29, 0.717) is 12.0 Å². The maximum atomic E-state index is 13.1. The fourth-order valence-electron chi connectivity index (χ4n) is 5.93. The fraction of sp³-hybridized carbons (Fsp3) is 0.774. The van der Waals surface area contributed by atoms with Gasteiger partial charge in [-0.2, -0.15) is 0 Å². The summed E-state index contributed by atoms with van der Waals surface area (Å²) in [5.74, 6) is -3.16. The van der Waals surface area contributed by atoms with E-state index in [-0.39, 0.29) is 31.7 Å². The second kappa shape index (κ2) is 16.7. The normalized spacial score (nSPS) is 41.6. The van der Waals surface area contributed by atoms with E-state index >= 15 is 0 Å². The quantitative estimate of drug-likeness (QED) is 0.248. The highest BCUT2D eigenvalue weighted by atomic mass is 16.7. The monoisotopic (exact) mass is 597 g/mol. The molecule has 0 spiro atoms. The van der Waals surface area contributed by atoms with Gasteiger partial charge in [-0.3, -0.25) is 9.59 Å². The number of ether oxygens (including phenoxy) is 3. The van der Waals surface area contributed by atoms with Crippen LogP contribution in [0.3, 0.4) is 0 Å². The zero-order valence-electron chi connectivity index (χ0n) is 26.0. The van der Waals surface area contributed by atoms with Crippen LogP contribution in [-0.2, 0) is 28.6 Å². The number of ketones is 1. The van der Waals surface area contributed by atoms with Crippen molar-refractivity contribution in [1.82, 2.24) is 4.90 Å². The molecule has 240 valence electrons. The zero-order valence-corrected chi connectivity index (χ0v) is 26.0. The lowest BCUT2D eigenvalue weighted by Crippen LogP contribution is -2.63. The summed E-state index contributed by atoms with van der Waals surface area (Å²) in [5, 5.41) is 43.0. The minimum Gasteiger partial charge on any atom is -0.462 e. The summed E-state index contributed by atoms with van der Waals surface area (Å²) in [7, 11) is 3.43. The minimum atomic E-state index is -1.27. The number of aldehydes is 1. The first-order valence-corrected chi connectivity index (χ1v) is 14.9. The number of rotatable bonds is 7. The lowest BCUT2D eigenvalue weighted by molar-refractivity contribution is -0.304. The molecule has 1 saturated heterocycles. The molecule has 0 amide bonds. The molecule has 4 N–H and O–H groups in total.